The first kappa shape index (κ1) is 34.6. The molecular formula is C60H36N2. The van der Waals surface area contributed by atoms with Gasteiger partial charge in [-0.1, -0.05) is 212 Å². The van der Waals surface area contributed by atoms with Crippen LogP contribution in [-0.4, -0.2) is 9.97 Å². The predicted molar refractivity (Wildman–Crippen MR) is 264 cm³/mol. The van der Waals surface area contributed by atoms with Crippen molar-refractivity contribution in [1.29, 1.82) is 0 Å². The average Bonchev–Trinajstić information content (AvgIpc) is 3.34. The SMILES string of the molecule is c1ccc(-c2nc(-c3ccc(-c4c5ccccc5c(-c5cccc6c7cccc8ccc9cccc(c%10ccccc%10c56)c9c87)c5ccccc45)cc3)nc3ccccc23)cc1. The molecule has 13 aromatic rings. The maximum Gasteiger partial charge on any atom is 0.160 e. The number of nitrogens with zero attached hydrogens (tertiary/aromatic N) is 2. The van der Waals surface area contributed by atoms with Crippen molar-refractivity contribution in [2.24, 2.45) is 0 Å². The zero-order valence-corrected chi connectivity index (χ0v) is 33.7. The fourth-order valence-electron chi connectivity index (χ4n) is 10.4. The van der Waals surface area contributed by atoms with Gasteiger partial charge in [-0.3, -0.25) is 0 Å². The van der Waals surface area contributed by atoms with E-state index >= 15 is 0 Å². The quantitative estimate of drug-likeness (QED) is 0.131. The Labute approximate surface area is 358 Å². The highest BCUT2D eigenvalue weighted by Gasteiger charge is 2.21. The highest BCUT2D eigenvalue weighted by Crippen LogP contribution is 2.48. The van der Waals surface area contributed by atoms with E-state index in [2.05, 4.69) is 206 Å². The van der Waals surface area contributed by atoms with E-state index < -0.39 is 0 Å². The third kappa shape index (κ3) is 5.17. The minimum absolute atomic E-state index is 0.717. The number of hydrogen-bond acceptors (Lipinski definition) is 2. The van der Waals surface area contributed by atoms with Gasteiger partial charge in [0.15, 0.2) is 5.82 Å². The van der Waals surface area contributed by atoms with E-state index in [1.54, 1.807) is 0 Å². The smallest absolute Gasteiger partial charge is 0.160 e. The molecule has 2 nitrogen and oxygen atoms in total. The van der Waals surface area contributed by atoms with Gasteiger partial charge in [0.2, 0.25) is 0 Å². The summed E-state index contributed by atoms with van der Waals surface area (Å²) in [6.07, 6.45) is 0. The van der Waals surface area contributed by atoms with Crippen molar-refractivity contribution in [3.63, 3.8) is 0 Å². The molecule has 0 saturated heterocycles. The molecule has 0 N–H and O–H groups in total. The number of aromatic nitrogens is 2. The van der Waals surface area contributed by atoms with Crippen LogP contribution in [0.15, 0.2) is 218 Å². The topological polar surface area (TPSA) is 25.8 Å². The Morgan fingerprint density at radius 1 is 0.242 bits per heavy atom. The van der Waals surface area contributed by atoms with Crippen LogP contribution in [0.5, 0.6) is 0 Å². The average molecular weight is 785 g/mol. The second-order valence-electron chi connectivity index (χ2n) is 16.3. The summed E-state index contributed by atoms with van der Waals surface area (Å²) in [5, 5.41) is 18.6. The van der Waals surface area contributed by atoms with Crippen molar-refractivity contribution in [2.45, 2.75) is 0 Å². The summed E-state index contributed by atoms with van der Waals surface area (Å²) in [6, 6.07) is 79.6. The summed E-state index contributed by atoms with van der Waals surface area (Å²) >= 11 is 0. The Morgan fingerprint density at radius 3 is 1.34 bits per heavy atom. The van der Waals surface area contributed by atoms with E-state index in [1.165, 1.54) is 92.1 Å². The molecule has 1 heterocycles. The van der Waals surface area contributed by atoms with Gasteiger partial charge in [-0.25, -0.2) is 9.97 Å². The highest BCUT2D eigenvalue weighted by atomic mass is 14.9. The van der Waals surface area contributed by atoms with Crippen LogP contribution in [0.2, 0.25) is 0 Å². The normalized spacial score (nSPS) is 11.9. The maximum absolute atomic E-state index is 5.18. The van der Waals surface area contributed by atoms with Gasteiger partial charge in [0.1, 0.15) is 0 Å². The van der Waals surface area contributed by atoms with Crippen LogP contribution in [0.25, 0.3) is 131 Å². The van der Waals surface area contributed by atoms with Gasteiger partial charge in [-0.15, -0.1) is 0 Å². The molecule has 0 aliphatic rings. The summed E-state index contributed by atoms with van der Waals surface area (Å²) in [5.74, 6) is 0.717. The van der Waals surface area contributed by atoms with Gasteiger partial charge in [0.25, 0.3) is 0 Å². The summed E-state index contributed by atoms with van der Waals surface area (Å²) in [6.45, 7) is 0. The first-order chi connectivity index (χ1) is 30.8. The number of para-hydroxylation sites is 1. The molecule has 0 fully saturated rings. The molecular weight excluding hydrogens is 749 g/mol. The van der Waals surface area contributed by atoms with Gasteiger partial charge in [-0.05, 0) is 104 Å². The van der Waals surface area contributed by atoms with Crippen LogP contribution in [0.1, 0.15) is 0 Å². The molecule has 0 atom stereocenters. The Balaban J connectivity index is 1.08. The number of rotatable bonds is 4. The molecule has 0 aliphatic heterocycles. The lowest BCUT2D eigenvalue weighted by Crippen LogP contribution is -1.95. The maximum atomic E-state index is 5.18. The van der Waals surface area contributed by atoms with Crippen LogP contribution in [0.3, 0.4) is 0 Å². The van der Waals surface area contributed by atoms with Crippen molar-refractivity contribution in [3.05, 3.63) is 218 Å². The lowest BCUT2D eigenvalue weighted by molar-refractivity contribution is 1.23. The first-order valence-corrected chi connectivity index (χ1v) is 21.3. The Bertz CT molecular complexity index is 3900. The molecule has 0 spiro atoms. The van der Waals surface area contributed by atoms with E-state index in [1.807, 2.05) is 12.1 Å². The minimum atomic E-state index is 0.717. The van der Waals surface area contributed by atoms with E-state index in [0.717, 1.165) is 39.1 Å². The molecule has 0 saturated carbocycles. The van der Waals surface area contributed by atoms with Crippen molar-refractivity contribution in [3.8, 4) is 44.9 Å². The molecule has 0 aliphatic carbocycles. The van der Waals surface area contributed by atoms with Crippen LogP contribution < -0.4 is 0 Å². The molecule has 13 rings (SSSR count). The van der Waals surface area contributed by atoms with Gasteiger partial charge in [0.05, 0.1) is 11.2 Å². The Kier molecular flexibility index (Phi) is 7.64. The van der Waals surface area contributed by atoms with E-state index in [4.69, 9.17) is 9.97 Å². The van der Waals surface area contributed by atoms with E-state index in [-0.39, 0.29) is 0 Å². The molecule has 0 amide bonds. The van der Waals surface area contributed by atoms with Crippen LogP contribution in [-0.2, 0) is 0 Å². The van der Waals surface area contributed by atoms with Crippen molar-refractivity contribution < 1.29 is 0 Å². The van der Waals surface area contributed by atoms with E-state index in [0.29, 0.717) is 0 Å². The van der Waals surface area contributed by atoms with Gasteiger partial charge in [0, 0.05) is 16.5 Å². The zero-order valence-electron chi connectivity index (χ0n) is 33.7. The van der Waals surface area contributed by atoms with Crippen molar-refractivity contribution in [1.82, 2.24) is 9.97 Å². The molecule has 62 heavy (non-hydrogen) atoms. The molecule has 1 aromatic heterocycles. The molecule has 286 valence electrons. The van der Waals surface area contributed by atoms with Crippen LogP contribution in [0, 0.1) is 0 Å². The summed E-state index contributed by atoms with van der Waals surface area (Å²) in [4.78, 5) is 10.2. The van der Waals surface area contributed by atoms with Crippen molar-refractivity contribution >= 4 is 86.3 Å². The standard InChI is InChI=1S/C60H36N2/c1-2-15-40(16-3-1)59-51-25-10-11-30-53(51)61-60(62-59)41-35-33-39(34-36-41)54-45-21-6-8-23-48(45)58(49-24-9-7-22-46(49)54)52-29-14-28-50-47-27-13-18-38-32-31-37-17-12-26-43(55(37)56(38)47)42-19-4-5-20-44(42)57(50)52/h1-36H. The molecule has 0 bridgehead atoms. The fourth-order valence-corrected chi connectivity index (χ4v) is 10.4. The lowest BCUT2D eigenvalue weighted by Gasteiger charge is -2.20. The van der Waals surface area contributed by atoms with E-state index in [9.17, 15) is 0 Å². The van der Waals surface area contributed by atoms with Crippen LogP contribution >= 0.6 is 0 Å². The second-order valence-corrected chi connectivity index (χ2v) is 16.3. The highest BCUT2D eigenvalue weighted by molar-refractivity contribution is 6.35. The fraction of sp³-hybridized carbons (Fsp3) is 0. The Hall–Kier alpha value is -8.20. The molecule has 12 aromatic carbocycles. The van der Waals surface area contributed by atoms with Gasteiger partial charge >= 0.3 is 0 Å². The lowest BCUT2D eigenvalue weighted by atomic mass is 9.83. The van der Waals surface area contributed by atoms with Crippen LogP contribution in [0.4, 0.5) is 0 Å². The van der Waals surface area contributed by atoms with Crippen molar-refractivity contribution in [2.75, 3.05) is 0 Å². The monoisotopic (exact) mass is 784 g/mol. The second kappa shape index (κ2) is 13.7. The minimum Gasteiger partial charge on any atom is -0.228 e. The number of hydrogen-bond donors (Lipinski definition) is 0. The predicted octanol–water partition coefficient (Wildman–Crippen LogP) is 16.4. The zero-order chi connectivity index (χ0) is 40.7. The largest absolute Gasteiger partial charge is 0.228 e. The number of benzene rings is 11. The number of fused-ring (bicyclic) bond motifs is 8. The molecule has 0 radical (unpaired) electrons. The summed E-state index contributed by atoms with van der Waals surface area (Å²) < 4.78 is 0. The summed E-state index contributed by atoms with van der Waals surface area (Å²) in [7, 11) is 0. The first-order valence-electron chi connectivity index (χ1n) is 21.3. The summed E-state index contributed by atoms with van der Waals surface area (Å²) in [5.41, 5.74) is 8.80. The van der Waals surface area contributed by atoms with Gasteiger partial charge in [-0.2, -0.15) is 0 Å². The Morgan fingerprint density at radius 2 is 0.694 bits per heavy atom. The third-order valence-corrected chi connectivity index (χ3v) is 13.0. The van der Waals surface area contributed by atoms with Gasteiger partial charge < -0.3 is 0 Å². The third-order valence-electron chi connectivity index (χ3n) is 13.0. The molecule has 0 unspecified atom stereocenters. The molecule has 2 heteroatoms.